The van der Waals surface area contributed by atoms with Gasteiger partial charge in [-0.3, -0.25) is 4.79 Å². The lowest BCUT2D eigenvalue weighted by atomic mass is 9.83. The summed E-state index contributed by atoms with van der Waals surface area (Å²) in [6.45, 7) is 7.43. The molecule has 0 spiro atoms. The number of amides is 1. The predicted octanol–water partition coefficient (Wildman–Crippen LogP) is 3.80. The summed E-state index contributed by atoms with van der Waals surface area (Å²) in [5.74, 6) is 0.814. The van der Waals surface area contributed by atoms with Crippen LogP contribution in [0.25, 0.3) is 5.69 Å². The maximum absolute atomic E-state index is 12.4. The summed E-state index contributed by atoms with van der Waals surface area (Å²) in [5.41, 5.74) is 4.42. The minimum Gasteiger partial charge on any atom is -0.356 e. The Kier molecular flexibility index (Phi) is 6.34. The second kappa shape index (κ2) is 9.12. The Morgan fingerprint density at radius 2 is 1.90 bits per heavy atom. The molecule has 29 heavy (non-hydrogen) atoms. The third-order valence-electron chi connectivity index (χ3n) is 6.62. The van der Waals surface area contributed by atoms with E-state index in [2.05, 4.69) is 52.6 Å². The smallest absolute Gasteiger partial charge is 0.220 e. The van der Waals surface area contributed by atoms with Crippen LogP contribution in [0.1, 0.15) is 55.5 Å². The van der Waals surface area contributed by atoms with Crippen molar-refractivity contribution in [2.75, 3.05) is 19.6 Å². The Balaban J connectivity index is 1.25. The molecule has 0 aliphatic carbocycles. The standard InChI is InChI=1S/C24H34N4O/c1-18-16-19(2)28(26-18)22-11-8-20(9-12-22)10-13-24(29)25-17-21-6-5-15-27-14-4-3-7-23(21)27/h8-9,11-12,16,21,23H,3-7,10,13-15,17H2,1-2H3,(H,25,29)/t21-,23+/m0/s1. The van der Waals surface area contributed by atoms with E-state index in [0.29, 0.717) is 18.4 Å². The van der Waals surface area contributed by atoms with Crippen LogP contribution in [0, 0.1) is 19.8 Å². The fourth-order valence-corrected chi connectivity index (χ4v) is 5.10. The normalized spacial score (nSPS) is 22.3. The van der Waals surface area contributed by atoms with E-state index in [4.69, 9.17) is 0 Å². The minimum absolute atomic E-state index is 0.181. The third kappa shape index (κ3) is 4.89. The van der Waals surface area contributed by atoms with Gasteiger partial charge < -0.3 is 10.2 Å². The molecule has 1 aromatic carbocycles. The van der Waals surface area contributed by atoms with Crippen molar-refractivity contribution >= 4 is 5.91 Å². The van der Waals surface area contributed by atoms with E-state index in [0.717, 1.165) is 30.0 Å². The number of benzene rings is 1. The molecule has 3 heterocycles. The van der Waals surface area contributed by atoms with Crippen LogP contribution in [0.3, 0.4) is 0 Å². The molecule has 5 heteroatoms. The molecule has 1 amide bonds. The zero-order valence-corrected chi connectivity index (χ0v) is 17.9. The largest absolute Gasteiger partial charge is 0.356 e. The molecule has 4 rings (SSSR count). The first kappa shape index (κ1) is 20.1. The first-order valence-electron chi connectivity index (χ1n) is 11.2. The Bertz CT molecular complexity index is 824. The van der Waals surface area contributed by atoms with Gasteiger partial charge in [0.15, 0.2) is 0 Å². The Morgan fingerprint density at radius 1 is 1.10 bits per heavy atom. The van der Waals surface area contributed by atoms with Crippen LogP contribution in [0.15, 0.2) is 30.3 Å². The fraction of sp³-hybridized carbons (Fsp3) is 0.583. The Labute approximate surface area is 174 Å². The van der Waals surface area contributed by atoms with Crippen LogP contribution in [-0.4, -0.2) is 46.3 Å². The van der Waals surface area contributed by atoms with Crippen LogP contribution in [0.5, 0.6) is 0 Å². The summed E-state index contributed by atoms with van der Waals surface area (Å²) in [6, 6.07) is 11.2. The maximum Gasteiger partial charge on any atom is 0.220 e. The molecule has 0 bridgehead atoms. The average molecular weight is 395 g/mol. The Hall–Kier alpha value is -2.14. The van der Waals surface area contributed by atoms with Gasteiger partial charge in [0.25, 0.3) is 0 Å². The zero-order chi connectivity index (χ0) is 20.2. The highest BCUT2D eigenvalue weighted by Gasteiger charge is 2.32. The summed E-state index contributed by atoms with van der Waals surface area (Å²) >= 11 is 0. The molecular weight excluding hydrogens is 360 g/mol. The zero-order valence-electron chi connectivity index (χ0n) is 17.9. The molecule has 156 valence electrons. The van der Waals surface area contributed by atoms with Crippen molar-refractivity contribution in [3.8, 4) is 5.69 Å². The molecule has 1 aromatic heterocycles. The number of fused-ring (bicyclic) bond motifs is 1. The van der Waals surface area contributed by atoms with Crippen molar-refractivity contribution in [2.45, 2.75) is 64.8 Å². The molecule has 2 saturated heterocycles. The number of hydrogen-bond donors (Lipinski definition) is 1. The quantitative estimate of drug-likeness (QED) is 0.811. The number of carbonyl (C=O) groups excluding carboxylic acids is 1. The predicted molar refractivity (Wildman–Crippen MR) is 116 cm³/mol. The Morgan fingerprint density at radius 3 is 2.66 bits per heavy atom. The molecule has 2 aliphatic heterocycles. The van der Waals surface area contributed by atoms with Gasteiger partial charge in [-0.1, -0.05) is 18.6 Å². The topological polar surface area (TPSA) is 50.2 Å². The van der Waals surface area contributed by atoms with E-state index >= 15 is 0 Å². The highest BCUT2D eigenvalue weighted by molar-refractivity contribution is 5.76. The van der Waals surface area contributed by atoms with Gasteiger partial charge in [0.1, 0.15) is 0 Å². The average Bonchev–Trinajstić information content (AvgIpc) is 3.09. The third-order valence-corrected chi connectivity index (χ3v) is 6.62. The summed E-state index contributed by atoms with van der Waals surface area (Å²) in [4.78, 5) is 15.1. The molecule has 2 atom stereocenters. The van der Waals surface area contributed by atoms with Crippen molar-refractivity contribution in [1.29, 1.82) is 0 Å². The molecule has 1 N–H and O–H groups in total. The minimum atomic E-state index is 0.181. The number of rotatable bonds is 6. The van der Waals surface area contributed by atoms with Gasteiger partial charge >= 0.3 is 0 Å². The number of piperidine rings is 2. The highest BCUT2D eigenvalue weighted by Crippen LogP contribution is 2.30. The van der Waals surface area contributed by atoms with E-state index in [1.54, 1.807) is 0 Å². The van der Waals surface area contributed by atoms with E-state index < -0.39 is 0 Å². The molecule has 0 saturated carbocycles. The number of aryl methyl sites for hydroxylation is 3. The molecular formula is C24H34N4O. The molecule has 2 aliphatic rings. The lowest BCUT2D eigenvalue weighted by Gasteiger charge is -2.44. The number of nitrogens with one attached hydrogen (secondary N) is 1. The van der Waals surface area contributed by atoms with Crippen LogP contribution in [0.2, 0.25) is 0 Å². The lowest BCUT2D eigenvalue weighted by Crippen LogP contribution is -2.51. The first-order valence-corrected chi connectivity index (χ1v) is 11.2. The van der Waals surface area contributed by atoms with Gasteiger partial charge in [-0.25, -0.2) is 4.68 Å². The number of hydrogen-bond acceptors (Lipinski definition) is 3. The van der Waals surface area contributed by atoms with Gasteiger partial charge in [-0.05, 0) is 88.7 Å². The van der Waals surface area contributed by atoms with Crippen LogP contribution in [-0.2, 0) is 11.2 Å². The summed E-state index contributed by atoms with van der Waals surface area (Å²) in [7, 11) is 0. The van der Waals surface area contributed by atoms with Crippen LogP contribution >= 0.6 is 0 Å². The molecule has 2 aromatic rings. The molecule has 0 radical (unpaired) electrons. The van der Waals surface area contributed by atoms with E-state index in [1.165, 1.54) is 50.8 Å². The van der Waals surface area contributed by atoms with Crippen molar-refractivity contribution in [3.05, 3.63) is 47.3 Å². The second-order valence-electron chi connectivity index (χ2n) is 8.81. The summed E-state index contributed by atoms with van der Waals surface area (Å²) in [5, 5.41) is 7.75. The van der Waals surface area contributed by atoms with Crippen LogP contribution in [0.4, 0.5) is 0 Å². The van der Waals surface area contributed by atoms with Crippen molar-refractivity contribution in [2.24, 2.45) is 5.92 Å². The van der Waals surface area contributed by atoms with Gasteiger partial charge in [-0.2, -0.15) is 5.10 Å². The SMILES string of the molecule is Cc1cc(C)n(-c2ccc(CCC(=O)NC[C@@H]3CCCN4CCCC[C@H]34)cc2)n1. The van der Waals surface area contributed by atoms with Gasteiger partial charge in [0.2, 0.25) is 5.91 Å². The number of nitrogens with zero attached hydrogens (tertiary/aromatic N) is 3. The fourth-order valence-electron chi connectivity index (χ4n) is 5.10. The summed E-state index contributed by atoms with van der Waals surface area (Å²) in [6.07, 6.45) is 7.87. The second-order valence-corrected chi connectivity index (χ2v) is 8.81. The first-order chi connectivity index (χ1) is 14.1. The van der Waals surface area contributed by atoms with E-state index in [1.807, 2.05) is 11.6 Å². The van der Waals surface area contributed by atoms with E-state index in [-0.39, 0.29) is 5.91 Å². The van der Waals surface area contributed by atoms with Crippen molar-refractivity contribution in [3.63, 3.8) is 0 Å². The highest BCUT2D eigenvalue weighted by atomic mass is 16.1. The monoisotopic (exact) mass is 394 g/mol. The summed E-state index contributed by atoms with van der Waals surface area (Å²) < 4.78 is 1.96. The van der Waals surface area contributed by atoms with Gasteiger partial charge in [0.05, 0.1) is 11.4 Å². The maximum atomic E-state index is 12.4. The number of carbonyl (C=O) groups is 1. The van der Waals surface area contributed by atoms with Crippen molar-refractivity contribution < 1.29 is 4.79 Å². The molecule has 0 unspecified atom stereocenters. The molecule has 5 nitrogen and oxygen atoms in total. The van der Waals surface area contributed by atoms with Gasteiger partial charge in [-0.15, -0.1) is 0 Å². The lowest BCUT2D eigenvalue weighted by molar-refractivity contribution is -0.121. The van der Waals surface area contributed by atoms with E-state index in [9.17, 15) is 4.79 Å². The number of aromatic nitrogens is 2. The van der Waals surface area contributed by atoms with Crippen molar-refractivity contribution in [1.82, 2.24) is 20.0 Å². The van der Waals surface area contributed by atoms with Gasteiger partial charge in [0, 0.05) is 24.7 Å². The molecule has 2 fully saturated rings. The van der Waals surface area contributed by atoms with Crippen LogP contribution < -0.4 is 5.32 Å².